The van der Waals surface area contributed by atoms with Crippen LogP contribution in [-0.2, 0) is 9.53 Å². The number of pyridine rings is 1. The maximum absolute atomic E-state index is 13.1. The number of amides is 1. The van der Waals surface area contributed by atoms with E-state index in [2.05, 4.69) is 9.88 Å². The van der Waals surface area contributed by atoms with Crippen molar-refractivity contribution >= 4 is 17.7 Å². The quantitative estimate of drug-likeness (QED) is 0.774. The fourth-order valence-electron chi connectivity index (χ4n) is 3.85. The molecule has 1 aromatic rings. The minimum atomic E-state index is -0.133. The van der Waals surface area contributed by atoms with E-state index in [4.69, 9.17) is 4.74 Å². The number of hydrogen-bond acceptors (Lipinski definition) is 5. The fourth-order valence-corrected chi connectivity index (χ4v) is 3.85. The Kier molecular flexibility index (Phi) is 6.47. The van der Waals surface area contributed by atoms with Crippen LogP contribution in [0.3, 0.4) is 0 Å². The molecule has 0 saturated carbocycles. The number of esters is 1. The average Bonchev–Trinajstić information content (AvgIpc) is 2.97. The molecule has 2 aliphatic rings. The Balaban J connectivity index is 1.68. The number of nitrogens with zero attached hydrogens (tertiary/aromatic N) is 3. The van der Waals surface area contributed by atoms with Gasteiger partial charge in [0.1, 0.15) is 5.82 Å². The van der Waals surface area contributed by atoms with Gasteiger partial charge in [-0.25, -0.2) is 4.98 Å². The molecule has 2 fully saturated rings. The topological polar surface area (TPSA) is 62.7 Å². The Morgan fingerprint density at radius 3 is 2.46 bits per heavy atom. The van der Waals surface area contributed by atoms with Gasteiger partial charge in [0.15, 0.2) is 0 Å². The van der Waals surface area contributed by atoms with Crippen LogP contribution in [0.4, 0.5) is 5.82 Å². The Morgan fingerprint density at radius 1 is 1.12 bits per heavy atom. The molecule has 1 amide bonds. The third kappa shape index (κ3) is 4.34. The minimum absolute atomic E-state index is 0.0275. The second kappa shape index (κ2) is 9.01. The lowest BCUT2D eigenvalue weighted by Gasteiger charge is -2.32. The Bertz CT molecular complexity index is 618. The van der Waals surface area contributed by atoms with Crippen molar-refractivity contribution in [3.8, 4) is 0 Å². The van der Waals surface area contributed by atoms with Crippen LogP contribution in [-0.4, -0.2) is 54.5 Å². The smallest absolute Gasteiger partial charge is 0.309 e. The number of carbonyl (C=O) groups excluding carboxylic acids is 2. The zero-order valence-corrected chi connectivity index (χ0v) is 15.7. The van der Waals surface area contributed by atoms with E-state index in [0.29, 0.717) is 38.1 Å². The number of anilines is 1. The molecule has 26 heavy (non-hydrogen) atoms. The van der Waals surface area contributed by atoms with E-state index in [1.165, 1.54) is 12.8 Å². The number of ether oxygens (including phenoxy) is 1. The summed E-state index contributed by atoms with van der Waals surface area (Å²) in [5, 5.41) is 0. The number of hydrogen-bond donors (Lipinski definition) is 0. The summed E-state index contributed by atoms with van der Waals surface area (Å²) in [5.74, 6) is 0.621. The van der Waals surface area contributed by atoms with Crippen molar-refractivity contribution in [3.63, 3.8) is 0 Å². The predicted molar refractivity (Wildman–Crippen MR) is 100 cm³/mol. The standard InChI is InChI=1S/C20H29N3O3/c1-2-26-20(25)16-9-14-23(15-10-16)19(24)17-8-7-11-21-18(17)22-12-5-3-4-6-13-22/h7-8,11,16H,2-6,9-10,12-15H2,1H3. The van der Waals surface area contributed by atoms with Crippen molar-refractivity contribution in [1.29, 1.82) is 0 Å². The summed E-state index contributed by atoms with van der Waals surface area (Å²) in [6.45, 7) is 5.34. The van der Waals surface area contributed by atoms with Crippen LogP contribution in [0, 0.1) is 5.92 Å². The van der Waals surface area contributed by atoms with Crippen LogP contribution >= 0.6 is 0 Å². The average molecular weight is 359 g/mol. The highest BCUT2D eigenvalue weighted by Crippen LogP contribution is 2.25. The monoisotopic (exact) mass is 359 g/mol. The third-order valence-corrected chi connectivity index (χ3v) is 5.32. The van der Waals surface area contributed by atoms with Gasteiger partial charge in [-0.1, -0.05) is 12.8 Å². The molecular formula is C20H29N3O3. The molecule has 3 heterocycles. The molecule has 0 bridgehead atoms. The first-order chi connectivity index (χ1) is 12.7. The van der Waals surface area contributed by atoms with E-state index in [0.717, 1.165) is 31.7 Å². The molecule has 6 nitrogen and oxygen atoms in total. The SMILES string of the molecule is CCOC(=O)C1CCN(C(=O)c2cccnc2N2CCCCCC2)CC1. The molecule has 1 aromatic heterocycles. The summed E-state index contributed by atoms with van der Waals surface area (Å²) in [7, 11) is 0. The zero-order valence-electron chi connectivity index (χ0n) is 15.7. The van der Waals surface area contributed by atoms with Crippen LogP contribution in [0.15, 0.2) is 18.3 Å². The van der Waals surface area contributed by atoms with Gasteiger partial charge in [-0.2, -0.15) is 0 Å². The third-order valence-electron chi connectivity index (χ3n) is 5.32. The first kappa shape index (κ1) is 18.7. The zero-order chi connectivity index (χ0) is 18.4. The number of likely N-dealkylation sites (tertiary alicyclic amines) is 1. The van der Waals surface area contributed by atoms with Crippen LogP contribution in [0.5, 0.6) is 0 Å². The maximum Gasteiger partial charge on any atom is 0.309 e. The van der Waals surface area contributed by atoms with Crippen LogP contribution in [0.1, 0.15) is 55.8 Å². The van der Waals surface area contributed by atoms with E-state index in [-0.39, 0.29) is 17.8 Å². The van der Waals surface area contributed by atoms with Gasteiger partial charge in [0.25, 0.3) is 5.91 Å². The van der Waals surface area contributed by atoms with Crippen molar-refractivity contribution < 1.29 is 14.3 Å². The number of piperidine rings is 1. The van der Waals surface area contributed by atoms with E-state index < -0.39 is 0 Å². The van der Waals surface area contributed by atoms with Gasteiger partial charge >= 0.3 is 5.97 Å². The van der Waals surface area contributed by atoms with Crippen LogP contribution < -0.4 is 4.90 Å². The number of rotatable bonds is 4. The normalized spacial score (nSPS) is 19.1. The lowest BCUT2D eigenvalue weighted by Crippen LogP contribution is -2.41. The molecule has 3 rings (SSSR count). The van der Waals surface area contributed by atoms with Gasteiger partial charge in [0, 0.05) is 32.4 Å². The van der Waals surface area contributed by atoms with Gasteiger partial charge in [-0.05, 0) is 44.7 Å². The van der Waals surface area contributed by atoms with Crippen molar-refractivity contribution in [3.05, 3.63) is 23.9 Å². The van der Waals surface area contributed by atoms with Crippen molar-refractivity contribution in [2.45, 2.75) is 45.4 Å². The van der Waals surface area contributed by atoms with Gasteiger partial charge in [0.05, 0.1) is 18.1 Å². The molecule has 0 N–H and O–H groups in total. The molecule has 0 aliphatic carbocycles. The molecular weight excluding hydrogens is 330 g/mol. The highest BCUT2D eigenvalue weighted by Gasteiger charge is 2.30. The van der Waals surface area contributed by atoms with Gasteiger partial charge in [-0.15, -0.1) is 0 Å². The van der Waals surface area contributed by atoms with E-state index in [1.54, 1.807) is 6.20 Å². The van der Waals surface area contributed by atoms with Gasteiger partial charge in [0.2, 0.25) is 0 Å². The second-order valence-corrected chi connectivity index (χ2v) is 7.09. The molecule has 142 valence electrons. The lowest BCUT2D eigenvalue weighted by molar-refractivity contribution is -0.149. The van der Waals surface area contributed by atoms with E-state index >= 15 is 0 Å². The lowest BCUT2D eigenvalue weighted by atomic mass is 9.96. The molecule has 2 saturated heterocycles. The fraction of sp³-hybridized carbons (Fsp3) is 0.650. The molecule has 0 spiro atoms. The number of carbonyl (C=O) groups is 2. The highest BCUT2D eigenvalue weighted by atomic mass is 16.5. The largest absolute Gasteiger partial charge is 0.466 e. The first-order valence-electron chi connectivity index (χ1n) is 9.86. The minimum Gasteiger partial charge on any atom is -0.466 e. The summed E-state index contributed by atoms with van der Waals surface area (Å²) in [5.41, 5.74) is 0.684. The maximum atomic E-state index is 13.1. The second-order valence-electron chi connectivity index (χ2n) is 7.09. The molecule has 0 unspecified atom stereocenters. The summed E-state index contributed by atoms with van der Waals surface area (Å²) < 4.78 is 5.11. The molecule has 6 heteroatoms. The van der Waals surface area contributed by atoms with Crippen molar-refractivity contribution in [2.75, 3.05) is 37.7 Å². The molecule has 0 radical (unpaired) electrons. The summed E-state index contributed by atoms with van der Waals surface area (Å²) in [6.07, 6.45) is 7.89. The molecule has 0 atom stereocenters. The van der Waals surface area contributed by atoms with Gasteiger partial charge < -0.3 is 14.5 Å². The highest BCUT2D eigenvalue weighted by molar-refractivity contribution is 5.99. The first-order valence-corrected chi connectivity index (χ1v) is 9.86. The molecule has 2 aliphatic heterocycles. The summed E-state index contributed by atoms with van der Waals surface area (Å²) >= 11 is 0. The Labute approximate surface area is 155 Å². The summed E-state index contributed by atoms with van der Waals surface area (Å²) in [6, 6.07) is 3.72. The van der Waals surface area contributed by atoms with Crippen LogP contribution in [0.2, 0.25) is 0 Å². The Morgan fingerprint density at radius 2 is 1.81 bits per heavy atom. The Hall–Kier alpha value is -2.11. The number of aromatic nitrogens is 1. The predicted octanol–water partition coefficient (Wildman–Crippen LogP) is 2.88. The van der Waals surface area contributed by atoms with Gasteiger partial charge in [-0.3, -0.25) is 9.59 Å². The van der Waals surface area contributed by atoms with Crippen molar-refractivity contribution in [1.82, 2.24) is 9.88 Å². The summed E-state index contributed by atoms with van der Waals surface area (Å²) in [4.78, 5) is 33.6. The van der Waals surface area contributed by atoms with Crippen LogP contribution in [0.25, 0.3) is 0 Å². The van der Waals surface area contributed by atoms with E-state index in [1.807, 2.05) is 24.0 Å². The van der Waals surface area contributed by atoms with E-state index in [9.17, 15) is 9.59 Å². The van der Waals surface area contributed by atoms with Crippen molar-refractivity contribution in [2.24, 2.45) is 5.92 Å². The molecule has 0 aromatic carbocycles.